The molecule has 1 heterocycles. The number of hydrogen-bond acceptors (Lipinski definition) is 4. The van der Waals surface area contributed by atoms with Crippen molar-refractivity contribution in [2.45, 2.75) is 26.3 Å². The first-order valence-electron chi connectivity index (χ1n) is 9.94. The van der Waals surface area contributed by atoms with Gasteiger partial charge in [0.25, 0.3) is 5.91 Å². The standard InChI is InChI=1S/C24H22N2O4/c1-2-30-21-14-18-6-4-3-5-17(18)13-20(21)24(29)25-19-9-7-16(8-10-19)15-26-22(27)11-12-23(26)28/h3-10,13-14H,2,11-12,15H2,1H3,(H,25,29). The van der Waals surface area contributed by atoms with E-state index < -0.39 is 0 Å². The van der Waals surface area contributed by atoms with Crippen molar-refractivity contribution in [3.63, 3.8) is 0 Å². The third-order valence-corrected chi connectivity index (χ3v) is 5.10. The van der Waals surface area contributed by atoms with Crippen molar-refractivity contribution in [1.29, 1.82) is 0 Å². The fourth-order valence-corrected chi connectivity index (χ4v) is 3.55. The van der Waals surface area contributed by atoms with Gasteiger partial charge < -0.3 is 10.1 Å². The second-order valence-corrected chi connectivity index (χ2v) is 7.15. The number of fused-ring (bicyclic) bond motifs is 1. The highest BCUT2D eigenvalue weighted by Crippen LogP contribution is 2.27. The molecule has 1 saturated heterocycles. The van der Waals surface area contributed by atoms with Crippen LogP contribution in [0.25, 0.3) is 10.8 Å². The average Bonchev–Trinajstić information content (AvgIpc) is 3.07. The summed E-state index contributed by atoms with van der Waals surface area (Å²) in [5, 5.41) is 4.86. The van der Waals surface area contributed by atoms with E-state index in [1.807, 2.05) is 43.3 Å². The lowest BCUT2D eigenvalue weighted by Gasteiger charge is -2.15. The largest absolute Gasteiger partial charge is 0.493 e. The van der Waals surface area contributed by atoms with E-state index in [0.717, 1.165) is 16.3 Å². The van der Waals surface area contributed by atoms with Crippen LogP contribution in [0.15, 0.2) is 60.7 Å². The molecular weight excluding hydrogens is 380 g/mol. The van der Waals surface area contributed by atoms with E-state index in [2.05, 4.69) is 5.32 Å². The normalized spacial score (nSPS) is 13.7. The van der Waals surface area contributed by atoms with Gasteiger partial charge in [0, 0.05) is 18.5 Å². The monoisotopic (exact) mass is 402 g/mol. The Labute approximate surface area is 174 Å². The molecule has 0 atom stereocenters. The van der Waals surface area contributed by atoms with E-state index in [-0.39, 0.29) is 37.1 Å². The topological polar surface area (TPSA) is 75.7 Å². The van der Waals surface area contributed by atoms with Crippen molar-refractivity contribution in [1.82, 2.24) is 4.90 Å². The average molecular weight is 402 g/mol. The van der Waals surface area contributed by atoms with Crippen LogP contribution in [0.4, 0.5) is 5.69 Å². The van der Waals surface area contributed by atoms with E-state index in [1.165, 1.54) is 4.90 Å². The summed E-state index contributed by atoms with van der Waals surface area (Å²) in [4.78, 5) is 37.7. The summed E-state index contributed by atoms with van der Waals surface area (Å²) in [6, 6.07) is 18.7. The summed E-state index contributed by atoms with van der Waals surface area (Å²) in [5.41, 5.74) is 1.92. The van der Waals surface area contributed by atoms with Crippen LogP contribution < -0.4 is 10.1 Å². The zero-order valence-electron chi connectivity index (χ0n) is 16.7. The Balaban J connectivity index is 1.51. The summed E-state index contributed by atoms with van der Waals surface area (Å²) >= 11 is 0. The van der Waals surface area contributed by atoms with Gasteiger partial charge in [-0.1, -0.05) is 36.4 Å². The van der Waals surface area contributed by atoms with E-state index in [4.69, 9.17) is 4.74 Å². The number of amides is 3. The first-order valence-corrected chi connectivity index (χ1v) is 9.94. The number of nitrogens with one attached hydrogen (secondary N) is 1. The van der Waals surface area contributed by atoms with Gasteiger partial charge in [-0.2, -0.15) is 0 Å². The quantitative estimate of drug-likeness (QED) is 0.629. The lowest BCUT2D eigenvalue weighted by atomic mass is 10.0. The zero-order chi connectivity index (χ0) is 21.1. The predicted octanol–water partition coefficient (Wildman–Crippen LogP) is 4.14. The van der Waals surface area contributed by atoms with Gasteiger partial charge in [0.05, 0.1) is 18.7 Å². The van der Waals surface area contributed by atoms with Crippen molar-refractivity contribution in [3.8, 4) is 5.75 Å². The molecule has 0 aliphatic carbocycles. The number of carbonyl (C=O) groups is 3. The SMILES string of the molecule is CCOc1cc2ccccc2cc1C(=O)Nc1ccc(CN2C(=O)CCC2=O)cc1. The molecule has 0 radical (unpaired) electrons. The highest BCUT2D eigenvalue weighted by Gasteiger charge is 2.28. The number of nitrogens with zero attached hydrogens (tertiary/aromatic N) is 1. The minimum atomic E-state index is -0.262. The number of carbonyl (C=O) groups excluding carboxylic acids is 3. The Morgan fingerprint density at radius 2 is 1.60 bits per heavy atom. The van der Waals surface area contributed by atoms with E-state index in [0.29, 0.717) is 23.6 Å². The van der Waals surface area contributed by atoms with Crippen molar-refractivity contribution < 1.29 is 19.1 Å². The van der Waals surface area contributed by atoms with E-state index in [1.54, 1.807) is 24.3 Å². The van der Waals surface area contributed by atoms with Crippen LogP contribution in [-0.2, 0) is 16.1 Å². The van der Waals surface area contributed by atoms with Gasteiger partial charge in [0.1, 0.15) is 5.75 Å². The summed E-state index contributed by atoms with van der Waals surface area (Å²) in [6.07, 6.45) is 0.557. The van der Waals surface area contributed by atoms with Gasteiger partial charge in [-0.3, -0.25) is 19.3 Å². The third kappa shape index (κ3) is 4.03. The minimum Gasteiger partial charge on any atom is -0.493 e. The summed E-state index contributed by atoms with van der Waals surface area (Å²) < 4.78 is 5.69. The highest BCUT2D eigenvalue weighted by molar-refractivity contribution is 6.08. The Hall–Kier alpha value is -3.67. The van der Waals surface area contributed by atoms with Crippen LogP contribution in [0.3, 0.4) is 0 Å². The Morgan fingerprint density at radius 1 is 0.967 bits per heavy atom. The smallest absolute Gasteiger partial charge is 0.259 e. The Bertz CT molecular complexity index is 1110. The maximum absolute atomic E-state index is 12.9. The molecule has 3 aromatic rings. The number of ether oxygens (including phenoxy) is 1. The number of likely N-dealkylation sites (tertiary alicyclic amines) is 1. The number of rotatable bonds is 6. The van der Waals surface area contributed by atoms with E-state index in [9.17, 15) is 14.4 Å². The van der Waals surface area contributed by atoms with Gasteiger partial charge in [0.2, 0.25) is 11.8 Å². The lowest BCUT2D eigenvalue weighted by Crippen LogP contribution is -2.28. The van der Waals surface area contributed by atoms with Gasteiger partial charge in [0.15, 0.2) is 0 Å². The summed E-state index contributed by atoms with van der Waals surface area (Å²) in [7, 11) is 0. The van der Waals surface area contributed by atoms with Gasteiger partial charge in [-0.25, -0.2) is 0 Å². The van der Waals surface area contributed by atoms with Crippen LogP contribution in [0.5, 0.6) is 5.75 Å². The molecule has 0 spiro atoms. The van der Waals surface area contributed by atoms with Crippen LogP contribution in [0, 0.1) is 0 Å². The lowest BCUT2D eigenvalue weighted by molar-refractivity contribution is -0.139. The minimum absolute atomic E-state index is 0.142. The molecule has 30 heavy (non-hydrogen) atoms. The van der Waals surface area contributed by atoms with Crippen molar-refractivity contribution >= 4 is 34.2 Å². The summed E-state index contributed by atoms with van der Waals surface area (Å²) in [5.74, 6) is -0.00694. The number of imide groups is 1. The molecular formula is C24H22N2O4. The molecule has 1 N–H and O–H groups in total. The number of hydrogen-bond donors (Lipinski definition) is 1. The molecule has 3 aromatic carbocycles. The van der Waals surface area contributed by atoms with Crippen molar-refractivity contribution in [2.75, 3.05) is 11.9 Å². The van der Waals surface area contributed by atoms with Crippen molar-refractivity contribution in [3.05, 3.63) is 71.8 Å². The maximum Gasteiger partial charge on any atom is 0.259 e. The Kier molecular flexibility index (Phi) is 5.48. The zero-order valence-corrected chi connectivity index (χ0v) is 16.7. The fourth-order valence-electron chi connectivity index (χ4n) is 3.55. The first kappa shape index (κ1) is 19.6. The molecule has 0 saturated carbocycles. The van der Waals surface area contributed by atoms with Crippen LogP contribution >= 0.6 is 0 Å². The molecule has 0 aromatic heterocycles. The Morgan fingerprint density at radius 3 is 2.23 bits per heavy atom. The highest BCUT2D eigenvalue weighted by atomic mass is 16.5. The molecule has 6 nitrogen and oxygen atoms in total. The van der Waals surface area contributed by atoms with Crippen LogP contribution in [0.2, 0.25) is 0 Å². The molecule has 3 amide bonds. The number of anilines is 1. The van der Waals surface area contributed by atoms with Gasteiger partial charge in [-0.05, 0) is 47.5 Å². The molecule has 6 heteroatoms. The first-order chi connectivity index (χ1) is 14.5. The molecule has 1 aliphatic rings. The van der Waals surface area contributed by atoms with Crippen LogP contribution in [0.1, 0.15) is 35.7 Å². The fraction of sp³-hybridized carbons (Fsp3) is 0.208. The van der Waals surface area contributed by atoms with Gasteiger partial charge in [-0.15, -0.1) is 0 Å². The maximum atomic E-state index is 12.9. The molecule has 0 bridgehead atoms. The second-order valence-electron chi connectivity index (χ2n) is 7.15. The summed E-state index contributed by atoms with van der Waals surface area (Å²) in [6.45, 7) is 2.60. The second kappa shape index (κ2) is 8.37. The molecule has 4 rings (SSSR count). The molecule has 1 aliphatic heterocycles. The number of benzene rings is 3. The predicted molar refractivity (Wildman–Crippen MR) is 114 cm³/mol. The third-order valence-electron chi connectivity index (χ3n) is 5.10. The van der Waals surface area contributed by atoms with Gasteiger partial charge >= 0.3 is 0 Å². The van der Waals surface area contributed by atoms with Crippen molar-refractivity contribution in [2.24, 2.45) is 0 Å². The molecule has 0 unspecified atom stereocenters. The van der Waals surface area contributed by atoms with E-state index >= 15 is 0 Å². The van der Waals surface area contributed by atoms with Crippen LogP contribution in [-0.4, -0.2) is 29.2 Å². The molecule has 152 valence electrons. The molecule has 1 fully saturated rings.